The number of carbonyl (C=O) groups excluding carboxylic acids is 3. The maximum absolute atomic E-state index is 13.6. The minimum Gasteiger partial charge on any atom is -0.493 e. The topological polar surface area (TPSA) is 113 Å². The van der Waals surface area contributed by atoms with E-state index in [2.05, 4.69) is 10.3 Å². The molecule has 3 atom stereocenters. The highest BCUT2D eigenvalue weighted by atomic mass is 19.1. The summed E-state index contributed by atoms with van der Waals surface area (Å²) in [5.74, 6) is -2.06. The first-order valence-corrected chi connectivity index (χ1v) is 11.2. The van der Waals surface area contributed by atoms with Crippen LogP contribution in [-0.4, -0.2) is 48.2 Å². The van der Waals surface area contributed by atoms with Crippen LogP contribution in [-0.2, 0) is 14.3 Å². The van der Waals surface area contributed by atoms with Crippen LogP contribution in [0.25, 0.3) is 0 Å². The Balaban J connectivity index is 2.10. The summed E-state index contributed by atoms with van der Waals surface area (Å²) in [5, 5.41) is 2.49. The molecule has 0 saturated heterocycles. The third kappa shape index (κ3) is 8.24. The van der Waals surface area contributed by atoms with Crippen molar-refractivity contribution in [3.63, 3.8) is 0 Å². The van der Waals surface area contributed by atoms with E-state index in [1.165, 1.54) is 51.4 Å². The fraction of sp³-hybridized carbons (Fsp3) is 0.440. The number of methoxy groups -OCH3 is 1. The summed E-state index contributed by atoms with van der Waals surface area (Å²) >= 11 is 0. The zero-order valence-electron chi connectivity index (χ0n) is 20.7. The van der Waals surface area contributed by atoms with Crippen LogP contribution >= 0.6 is 0 Å². The molecule has 0 saturated carbocycles. The SMILES string of the molecule is COc1ccnc(C(=O)N[C@@H](C)C(=O)O[C@@H](C)[C@@H](CC(C)C)Oc2cccc(F)c2)c1OC(C)=O. The first-order valence-electron chi connectivity index (χ1n) is 11.2. The molecule has 190 valence electrons. The number of hydrogen-bond donors (Lipinski definition) is 1. The maximum Gasteiger partial charge on any atom is 0.328 e. The number of rotatable bonds is 11. The summed E-state index contributed by atoms with van der Waals surface area (Å²) in [6.45, 7) is 8.27. The minimum atomic E-state index is -1.06. The summed E-state index contributed by atoms with van der Waals surface area (Å²) in [4.78, 5) is 40.9. The van der Waals surface area contributed by atoms with E-state index >= 15 is 0 Å². The molecule has 2 aromatic rings. The van der Waals surface area contributed by atoms with E-state index in [1.807, 2.05) is 13.8 Å². The Labute approximate surface area is 203 Å². The molecule has 1 amide bonds. The molecule has 1 aromatic carbocycles. The second-order valence-electron chi connectivity index (χ2n) is 8.36. The van der Waals surface area contributed by atoms with Gasteiger partial charge in [-0.3, -0.25) is 9.59 Å². The van der Waals surface area contributed by atoms with Gasteiger partial charge in [0.2, 0.25) is 5.75 Å². The van der Waals surface area contributed by atoms with E-state index in [-0.39, 0.29) is 23.1 Å². The first-order chi connectivity index (χ1) is 16.5. The molecular weight excluding hydrogens is 459 g/mol. The van der Waals surface area contributed by atoms with Gasteiger partial charge < -0.3 is 24.3 Å². The number of nitrogens with zero attached hydrogens (tertiary/aromatic N) is 1. The van der Waals surface area contributed by atoms with Crippen LogP contribution in [0.2, 0.25) is 0 Å². The van der Waals surface area contributed by atoms with Crippen LogP contribution in [0.1, 0.15) is 51.5 Å². The van der Waals surface area contributed by atoms with Crippen molar-refractivity contribution >= 4 is 17.8 Å². The fourth-order valence-corrected chi connectivity index (χ4v) is 3.20. The molecule has 10 heteroatoms. The van der Waals surface area contributed by atoms with Gasteiger partial charge in [0.05, 0.1) is 7.11 Å². The molecular formula is C25H31FN2O7. The molecule has 0 aliphatic heterocycles. The lowest BCUT2D eigenvalue weighted by molar-refractivity contribution is -0.155. The van der Waals surface area contributed by atoms with Crippen LogP contribution in [0.15, 0.2) is 36.5 Å². The maximum atomic E-state index is 13.6. The second kappa shape index (κ2) is 12.7. The molecule has 0 spiro atoms. The molecule has 2 rings (SSSR count). The van der Waals surface area contributed by atoms with Gasteiger partial charge in [-0.1, -0.05) is 19.9 Å². The predicted octanol–water partition coefficient (Wildman–Crippen LogP) is 3.70. The monoisotopic (exact) mass is 490 g/mol. The summed E-state index contributed by atoms with van der Waals surface area (Å²) in [6, 6.07) is 6.09. The number of aromatic nitrogens is 1. The van der Waals surface area contributed by atoms with Gasteiger partial charge in [0.15, 0.2) is 11.4 Å². The van der Waals surface area contributed by atoms with Crippen molar-refractivity contribution in [1.82, 2.24) is 10.3 Å². The van der Waals surface area contributed by atoms with Crippen molar-refractivity contribution in [3.05, 3.63) is 48.0 Å². The summed E-state index contributed by atoms with van der Waals surface area (Å²) in [5.41, 5.74) is -0.223. The molecule has 0 aliphatic rings. The van der Waals surface area contributed by atoms with Gasteiger partial charge in [-0.05, 0) is 38.3 Å². The van der Waals surface area contributed by atoms with Crippen molar-refractivity contribution in [2.75, 3.05) is 7.11 Å². The lowest BCUT2D eigenvalue weighted by atomic mass is 10.0. The Morgan fingerprint density at radius 1 is 1.11 bits per heavy atom. The number of benzene rings is 1. The van der Waals surface area contributed by atoms with E-state index in [9.17, 15) is 18.8 Å². The zero-order valence-corrected chi connectivity index (χ0v) is 20.7. The molecule has 1 heterocycles. The van der Waals surface area contributed by atoms with Crippen molar-refractivity contribution in [1.29, 1.82) is 0 Å². The summed E-state index contributed by atoms with van der Waals surface area (Å²) in [7, 11) is 1.35. The van der Waals surface area contributed by atoms with Gasteiger partial charge in [0, 0.05) is 25.3 Å². The van der Waals surface area contributed by atoms with Crippen LogP contribution in [0.5, 0.6) is 17.2 Å². The Bertz CT molecular complexity index is 1040. The number of carbonyl (C=O) groups is 3. The van der Waals surface area contributed by atoms with Crippen molar-refractivity contribution in [2.24, 2.45) is 5.92 Å². The number of halogens is 1. The molecule has 1 aromatic heterocycles. The second-order valence-corrected chi connectivity index (χ2v) is 8.36. The van der Waals surface area contributed by atoms with Gasteiger partial charge in [-0.15, -0.1) is 0 Å². The Morgan fingerprint density at radius 2 is 1.83 bits per heavy atom. The normalized spacial score (nSPS) is 13.4. The molecule has 9 nitrogen and oxygen atoms in total. The Hall–Kier alpha value is -3.69. The number of ether oxygens (including phenoxy) is 4. The van der Waals surface area contributed by atoms with Gasteiger partial charge in [-0.2, -0.15) is 0 Å². The zero-order chi connectivity index (χ0) is 26.1. The number of pyridine rings is 1. The molecule has 35 heavy (non-hydrogen) atoms. The third-order valence-corrected chi connectivity index (χ3v) is 4.86. The lowest BCUT2D eigenvalue weighted by Crippen LogP contribution is -2.43. The number of nitrogens with one attached hydrogen (secondary N) is 1. The average molecular weight is 491 g/mol. The highest BCUT2D eigenvalue weighted by molar-refractivity contribution is 5.98. The molecule has 0 unspecified atom stereocenters. The van der Waals surface area contributed by atoms with Gasteiger partial charge in [0.25, 0.3) is 5.91 Å². The van der Waals surface area contributed by atoms with Gasteiger partial charge in [0.1, 0.15) is 29.8 Å². The molecule has 1 N–H and O–H groups in total. The highest BCUT2D eigenvalue weighted by Crippen LogP contribution is 2.29. The molecule has 0 radical (unpaired) electrons. The van der Waals surface area contributed by atoms with Crippen molar-refractivity contribution < 1.29 is 37.7 Å². The van der Waals surface area contributed by atoms with Crippen molar-refractivity contribution in [2.45, 2.75) is 59.3 Å². The number of hydrogen-bond acceptors (Lipinski definition) is 8. The molecule has 0 aliphatic carbocycles. The molecule has 0 fully saturated rings. The van der Waals surface area contributed by atoms with E-state index in [4.69, 9.17) is 18.9 Å². The smallest absolute Gasteiger partial charge is 0.328 e. The van der Waals surface area contributed by atoms with E-state index in [1.54, 1.807) is 13.0 Å². The summed E-state index contributed by atoms with van der Waals surface area (Å²) in [6.07, 6.45) is 0.621. The van der Waals surface area contributed by atoms with Crippen LogP contribution in [0.4, 0.5) is 4.39 Å². The van der Waals surface area contributed by atoms with Crippen molar-refractivity contribution in [3.8, 4) is 17.2 Å². The Morgan fingerprint density at radius 3 is 2.43 bits per heavy atom. The number of amides is 1. The van der Waals surface area contributed by atoms with Crippen LogP contribution < -0.4 is 19.5 Å². The van der Waals surface area contributed by atoms with E-state index in [0.29, 0.717) is 12.2 Å². The number of esters is 2. The van der Waals surface area contributed by atoms with E-state index < -0.39 is 41.9 Å². The predicted molar refractivity (Wildman–Crippen MR) is 125 cm³/mol. The first kappa shape index (κ1) is 27.6. The van der Waals surface area contributed by atoms with Gasteiger partial charge >= 0.3 is 11.9 Å². The standard InChI is InChI=1S/C25H31FN2O7/c1-14(2)12-21(35-19-9-7-8-18(26)13-19)16(4)33-25(31)15(3)28-24(30)22-23(34-17(5)29)20(32-6)10-11-27-22/h7-11,13-16,21H,12H2,1-6H3,(H,28,30)/t15-,16-,21+/m0/s1. The molecule has 0 bridgehead atoms. The Kier molecular flexibility index (Phi) is 9.98. The quantitative estimate of drug-likeness (QED) is 0.475. The highest BCUT2D eigenvalue weighted by Gasteiger charge is 2.29. The third-order valence-electron chi connectivity index (χ3n) is 4.86. The lowest BCUT2D eigenvalue weighted by Gasteiger charge is -2.27. The van der Waals surface area contributed by atoms with E-state index in [0.717, 1.165) is 0 Å². The summed E-state index contributed by atoms with van der Waals surface area (Å²) < 4.78 is 35.2. The average Bonchev–Trinajstić information content (AvgIpc) is 2.77. The minimum absolute atomic E-state index is 0.134. The van der Waals surface area contributed by atoms with Crippen LogP contribution in [0.3, 0.4) is 0 Å². The van der Waals surface area contributed by atoms with Crippen LogP contribution in [0, 0.1) is 11.7 Å². The van der Waals surface area contributed by atoms with Gasteiger partial charge in [-0.25, -0.2) is 14.2 Å². The fourth-order valence-electron chi connectivity index (χ4n) is 3.20. The largest absolute Gasteiger partial charge is 0.493 e.